The van der Waals surface area contributed by atoms with Crippen molar-refractivity contribution in [3.8, 4) is 0 Å². The summed E-state index contributed by atoms with van der Waals surface area (Å²) in [7, 11) is 0. The van der Waals surface area contributed by atoms with E-state index in [2.05, 4.69) is 0 Å². The third-order valence-electron chi connectivity index (χ3n) is 3.97. The minimum atomic E-state index is -1.06. The van der Waals surface area contributed by atoms with Crippen LogP contribution in [0.15, 0.2) is 12.2 Å². The largest absolute Gasteiger partial charge is 0.478 e. The minimum Gasteiger partial charge on any atom is -0.478 e. The highest BCUT2D eigenvalue weighted by atomic mass is 16.4. The van der Waals surface area contributed by atoms with Gasteiger partial charge in [0.25, 0.3) is 0 Å². The topological polar surface area (TPSA) is 57.6 Å². The lowest BCUT2D eigenvalue weighted by Gasteiger charge is -2.40. The first-order chi connectivity index (χ1) is 8.16. The molecule has 2 unspecified atom stereocenters. The van der Waals surface area contributed by atoms with Gasteiger partial charge in [0.05, 0.1) is 0 Å². The molecule has 0 radical (unpaired) electrons. The highest BCUT2D eigenvalue weighted by Gasteiger charge is 2.32. The second-order valence-corrected chi connectivity index (χ2v) is 5.05. The normalized spacial score (nSPS) is 29.1. The number of carboxylic acids is 1. The number of likely N-dealkylation sites (tertiary alicyclic amines) is 1. The Bertz CT molecular complexity index is 338. The van der Waals surface area contributed by atoms with Gasteiger partial charge in [-0.1, -0.05) is 19.3 Å². The molecule has 2 atom stereocenters. The van der Waals surface area contributed by atoms with Crippen LogP contribution in [0.3, 0.4) is 0 Å². The van der Waals surface area contributed by atoms with Crippen molar-refractivity contribution in [2.24, 2.45) is 11.8 Å². The zero-order valence-electron chi connectivity index (χ0n) is 9.97. The number of nitrogens with zero attached hydrogens (tertiary/aromatic N) is 1. The molecule has 0 aromatic heterocycles. The van der Waals surface area contributed by atoms with E-state index >= 15 is 0 Å². The van der Waals surface area contributed by atoms with Gasteiger partial charge in [-0.05, 0) is 24.7 Å². The third kappa shape index (κ3) is 3.08. The van der Waals surface area contributed by atoms with E-state index in [-0.39, 0.29) is 5.91 Å². The summed E-state index contributed by atoms with van der Waals surface area (Å²) < 4.78 is 0. The maximum absolute atomic E-state index is 11.8. The number of carbonyl (C=O) groups is 2. The predicted molar refractivity (Wildman–Crippen MR) is 63.4 cm³/mol. The van der Waals surface area contributed by atoms with Gasteiger partial charge in [-0.25, -0.2) is 4.79 Å². The molecular weight excluding hydrogens is 218 g/mol. The van der Waals surface area contributed by atoms with Gasteiger partial charge in [-0.15, -0.1) is 0 Å². The molecule has 4 heteroatoms. The van der Waals surface area contributed by atoms with Crippen LogP contribution in [0.5, 0.6) is 0 Å². The van der Waals surface area contributed by atoms with Gasteiger partial charge >= 0.3 is 5.97 Å². The maximum Gasteiger partial charge on any atom is 0.328 e. The number of fused-ring (bicyclic) bond motifs is 1. The molecule has 0 spiro atoms. The van der Waals surface area contributed by atoms with Gasteiger partial charge in [0.15, 0.2) is 0 Å². The molecule has 1 aliphatic carbocycles. The summed E-state index contributed by atoms with van der Waals surface area (Å²) in [5.74, 6) is 0.207. The summed E-state index contributed by atoms with van der Waals surface area (Å²) in [5.41, 5.74) is 0. The van der Waals surface area contributed by atoms with Crippen LogP contribution >= 0.6 is 0 Å². The van der Waals surface area contributed by atoms with E-state index in [1.54, 1.807) is 4.90 Å². The first-order valence-electron chi connectivity index (χ1n) is 6.36. The number of rotatable bonds is 2. The van der Waals surface area contributed by atoms with Crippen LogP contribution in [0.4, 0.5) is 0 Å². The van der Waals surface area contributed by atoms with E-state index in [0.717, 1.165) is 31.5 Å². The second kappa shape index (κ2) is 5.34. The SMILES string of the molecule is O=C(O)/C=C/C(=O)N1CCC2CCCCC2C1. The molecule has 1 heterocycles. The fourth-order valence-corrected chi connectivity index (χ4v) is 3.05. The lowest BCUT2D eigenvalue weighted by atomic mass is 9.75. The lowest BCUT2D eigenvalue weighted by Crippen LogP contribution is -2.44. The van der Waals surface area contributed by atoms with Crippen LogP contribution in [0, 0.1) is 11.8 Å². The third-order valence-corrected chi connectivity index (χ3v) is 3.97. The molecule has 0 aromatic rings. The Kier molecular flexibility index (Phi) is 3.82. The molecule has 1 saturated heterocycles. The predicted octanol–water partition coefficient (Wildman–Crippen LogP) is 1.67. The Morgan fingerprint density at radius 2 is 1.76 bits per heavy atom. The summed E-state index contributed by atoms with van der Waals surface area (Å²) in [6.07, 6.45) is 8.30. The number of amides is 1. The molecule has 1 saturated carbocycles. The summed E-state index contributed by atoms with van der Waals surface area (Å²) in [5, 5.41) is 8.49. The molecule has 1 amide bonds. The summed E-state index contributed by atoms with van der Waals surface area (Å²) >= 11 is 0. The van der Waals surface area contributed by atoms with Crippen LogP contribution < -0.4 is 0 Å². The van der Waals surface area contributed by atoms with E-state index in [1.807, 2.05) is 0 Å². The molecule has 0 bridgehead atoms. The maximum atomic E-state index is 11.8. The minimum absolute atomic E-state index is 0.156. The molecular formula is C13H19NO3. The highest BCUT2D eigenvalue weighted by molar-refractivity contribution is 5.93. The van der Waals surface area contributed by atoms with Crippen LogP contribution in [0.25, 0.3) is 0 Å². The van der Waals surface area contributed by atoms with Gasteiger partial charge in [0, 0.05) is 25.2 Å². The monoisotopic (exact) mass is 237 g/mol. The molecule has 1 N–H and O–H groups in total. The first kappa shape index (κ1) is 12.1. The van der Waals surface area contributed by atoms with Crippen molar-refractivity contribution in [3.05, 3.63) is 12.2 Å². The molecule has 0 aromatic carbocycles. The Morgan fingerprint density at radius 3 is 2.47 bits per heavy atom. The quantitative estimate of drug-likeness (QED) is 0.743. The van der Waals surface area contributed by atoms with E-state index in [1.165, 1.54) is 31.8 Å². The molecule has 2 fully saturated rings. The number of hydrogen-bond donors (Lipinski definition) is 1. The Labute approximate surface area is 101 Å². The van der Waals surface area contributed by atoms with E-state index in [4.69, 9.17) is 5.11 Å². The smallest absolute Gasteiger partial charge is 0.328 e. The lowest BCUT2D eigenvalue weighted by molar-refractivity contribution is -0.133. The van der Waals surface area contributed by atoms with Gasteiger partial charge in [0.2, 0.25) is 5.91 Å². The van der Waals surface area contributed by atoms with Crippen LogP contribution in [-0.2, 0) is 9.59 Å². The molecule has 4 nitrogen and oxygen atoms in total. The van der Waals surface area contributed by atoms with Crippen LogP contribution in [0.2, 0.25) is 0 Å². The van der Waals surface area contributed by atoms with Gasteiger partial charge in [-0.3, -0.25) is 4.79 Å². The molecule has 2 rings (SSSR count). The Morgan fingerprint density at radius 1 is 1.06 bits per heavy atom. The number of aliphatic carboxylic acids is 1. The highest BCUT2D eigenvalue weighted by Crippen LogP contribution is 2.35. The van der Waals surface area contributed by atoms with Gasteiger partial charge in [-0.2, -0.15) is 0 Å². The van der Waals surface area contributed by atoms with Crippen molar-refractivity contribution in [2.75, 3.05) is 13.1 Å². The van der Waals surface area contributed by atoms with Crippen molar-refractivity contribution < 1.29 is 14.7 Å². The summed E-state index contributed by atoms with van der Waals surface area (Å²) in [4.78, 5) is 23.9. The van der Waals surface area contributed by atoms with Crippen molar-refractivity contribution in [3.63, 3.8) is 0 Å². The fraction of sp³-hybridized carbons (Fsp3) is 0.692. The average molecular weight is 237 g/mol. The van der Waals surface area contributed by atoms with E-state index in [0.29, 0.717) is 5.92 Å². The fourth-order valence-electron chi connectivity index (χ4n) is 3.05. The Hall–Kier alpha value is -1.32. The standard InChI is InChI=1S/C13H19NO3/c15-12(5-6-13(16)17)14-8-7-10-3-1-2-4-11(10)9-14/h5-6,10-11H,1-4,7-9H2,(H,16,17)/b6-5+. The van der Waals surface area contributed by atoms with E-state index in [9.17, 15) is 9.59 Å². The summed E-state index contributed by atoms with van der Waals surface area (Å²) in [6.45, 7) is 1.59. The average Bonchev–Trinajstić information content (AvgIpc) is 2.35. The number of carbonyl (C=O) groups excluding carboxylic acids is 1. The van der Waals surface area contributed by atoms with Crippen molar-refractivity contribution >= 4 is 11.9 Å². The summed E-state index contributed by atoms with van der Waals surface area (Å²) in [6, 6.07) is 0. The zero-order valence-corrected chi connectivity index (χ0v) is 9.97. The molecule has 94 valence electrons. The van der Waals surface area contributed by atoms with Crippen molar-refractivity contribution in [1.82, 2.24) is 4.90 Å². The molecule has 2 aliphatic rings. The second-order valence-electron chi connectivity index (χ2n) is 5.05. The number of piperidine rings is 1. The zero-order chi connectivity index (χ0) is 12.3. The number of carboxylic acid groups (broad SMARTS) is 1. The first-order valence-corrected chi connectivity index (χ1v) is 6.36. The Balaban J connectivity index is 1.90. The van der Waals surface area contributed by atoms with Gasteiger partial charge < -0.3 is 10.0 Å². The van der Waals surface area contributed by atoms with Gasteiger partial charge in [0.1, 0.15) is 0 Å². The number of hydrogen-bond acceptors (Lipinski definition) is 2. The van der Waals surface area contributed by atoms with Crippen molar-refractivity contribution in [2.45, 2.75) is 32.1 Å². The van der Waals surface area contributed by atoms with Crippen LogP contribution in [-0.4, -0.2) is 35.0 Å². The molecule has 17 heavy (non-hydrogen) atoms. The van der Waals surface area contributed by atoms with Crippen molar-refractivity contribution in [1.29, 1.82) is 0 Å². The van der Waals surface area contributed by atoms with E-state index < -0.39 is 5.97 Å². The molecule has 1 aliphatic heterocycles. The van der Waals surface area contributed by atoms with Crippen LogP contribution in [0.1, 0.15) is 32.1 Å².